The lowest BCUT2D eigenvalue weighted by Crippen LogP contribution is -2.43. The van der Waals surface area contributed by atoms with Crippen LogP contribution in [0.15, 0.2) is 48.7 Å². The van der Waals surface area contributed by atoms with E-state index in [1.807, 2.05) is 6.07 Å². The summed E-state index contributed by atoms with van der Waals surface area (Å²) in [6.07, 6.45) is -4.07. The molecular formula is C24H15Cl4F3N2O3. The lowest BCUT2D eigenvalue weighted by atomic mass is 9.85. The molecule has 36 heavy (non-hydrogen) atoms. The number of rotatable bonds is 7. The van der Waals surface area contributed by atoms with Crippen molar-refractivity contribution in [3.05, 3.63) is 79.9 Å². The molecule has 0 radical (unpaired) electrons. The zero-order valence-electron chi connectivity index (χ0n) is 18.5. The summed E-state index contributed by atoms with van der Waals surface area (Å²) in [4.78, 5) is 16.9. The molecule has 1 unspecified atom stereocenters. The first kappa shape index (κ1) is 27.9. The van der Waals surface area contributed by atoms with Crippen LogP contribution in [0.2, 0.25) is 20.1 Å². The average molecular weight is 578 g/mol. The van der Waals surface area contributed by atoms with Crippen molar-refractivity contribution in [1.29, 1.82) is 5.26 Å². The Balaban J connectivity index is 2.05. The summed E-state index contributed by atoms with van der Waals surface area (Å²) >= 11 is 24.5. The smallest absolute Gasteiger partial charge is 0.417 e. The molecule has 5 nitrogen and oxygen atoms in total. The first-order valence-electron chi connectivity index (χ1n) is 10.1. The van der Waals surface area contributed by atoms with Gasteiger partial charge in [-0.15, -0.1) is 0 Å². The van der Waals surface area contributed by atoms with Gasteiger partial charge in [-0.2, -0.15) is 18.4 Å². The summed E-state index contributed by atoms with van der Waals surface area (Å²) in [5.41, 5.74) is -3.21. The Bertz CT molecular complexity index is 1360. The van der Waals surface area contributed by atoms with Crippen LogP contribution in [0.3, 0.4) is 0 Å². The molecule has 0 bridgehead atoms. The van der Waals surface area contributed by atoms with Gasteiger partial charge in [0.1, 0.15) is 22.6 Å². The number of carbonyl (C=O) groups is 1. The molecule has 2 aromatic carbocycles. The topological polar surface area (TPSA) is 72.2 Å². The SMILES string of the molecule is CC(C)C(=O)C(C#N)(Oc1cc(Oc2ncc(C(F)(F)F)cc2Cl)ccc1Cl)c1ccc(Cl)cc1Cl. The minimum Gasteiger partial charge on any atom is -0.459 e. The molecule has 0 spiro atoms. The van der Waals surface area contributed by atoms with Gasteiger partial charge in [-0.3, -0.25) is 4.79 Å². The highest BCUT2D eigenvalue weighted by atomic mass is 35.5. The molecule has 0 aliphatic heterocycles. The molecule has 1 atom stereocenters. The van der Waals surface area contributed by atoms with Gasteiger partial charge in [0.05, 0.1) is 15.6 Å². The van der Waals surface area contributed by atoms with Gasteiger partial charge in [-0.05, 0) is 30.3 Å². The van der Waals surface area contributed by atoms with Gasteiger partial charge < -0.3 is 9.47 Å². The number of aromatic nitrogens is 1. The predicted octanol–water partition coefficient (Wildman–Crippen LogP) is 8.53. The molecule has 12 heteroatoms. The molecule has 0 aliphatic rings. The van der Waals surface area contributed by atoms with Crippen molar-refractivity contribution in [1.82, 2.24) is 4.98 Å². The maximum absolute atomic E-state index is 13.3. The lowest BCUT2D eigenvalue weighted by molar-refractivity contribution is -0.138. The van der Waals surface area contributed by atoms with Gasteiger partial charge in [0.2, 0.25) is 5.88 Å². The molecular weight excluding hydrogens is 563 g/mol. The number of ketones is 1. The molecule has 0 aliphatic carbocycles. The standard InChI is InChI=1S/C24H15Cl4F3N2O3/c1-12(2)21(34)23(11-32,16-5-3-14(25)8-18(16)27)36-20-9-15(4-6-17(20)26)35-22-19(28)7-13(10-33-22)24(29,30)31/h3-10,12H,1-2H3. The summed E-state index contributed by atoms with van der Waals surface area (Å²) in [6.45, 7) is 3.17. The van der Waals surface area contributed by atoms with E-state index in [0.717, 1.165) is 0 Å². The number of nitrogens with zero attached hydrogens (tertiary/aromatic N) is 2. The van der Waals surface area contributed by atoms with Crippen molar-refractivity contribution < 1.29 is 27.4 Å². The molecule has 1 aromatic heterocycles. The molecule has 0 amide bonds. The van der Waals surface area contributed by atoms with E-state index >= 15 is 0 Å². The first-order valence-corrected chi connectivity index (χ1v) is 11.6. The number of halogens is 7. The minimum atomic E-state index is -4.64. The molecule has 0 saturated carbocycles. The number of alkyl halides is 3. The van der Waals surface area contributed by atoms with E-state index < -0.39 is 34.1 Å². The molecule has 0 N–H and O–H groups in total. The van der Waals surface area contributed by atoms with Crippen LogP contribution in [-0.4, -0.2) is 10.8 Å². The number of hydrogen-bond donors (Lipinski definition) is 0. The van der Waals surface area contributed by atoms with Gasteiger partial charge in [0, 0.05) is 28.8 Å². The van der Waals surface area contributed by atoms with Crippen LogP contribution in [0.25, 0.3) is 0 Å². The second kappa shape index (κ2) is 10.7. The molecule has 0 fully saturated rings. The highest BCUT2D eigenvalue weighted by Gasteiger charge is 2.46. The van der Waals surface area contributed by atoms with Gasteiger partial charge in [0.25, 0.3) is 5.60 Å². The number of pyridine rings is 1. The minimum absolute atomic E-state index is 0.00889. The van der Waals surface area contributed by atoms with Crippen LogP contribution in [-0.2, 0) is 16.6 Å². The Hall–Kier alpha value is -2.70. The number of Topliss-reactive ketones (excluding diaryl/α,β-unsaturated/α-hetero) is 1. The second-order valence-corrected chi connectivity index (χ2v) is 9.40. The van der Waals surface area contributed by atoms with E-state index in [9.17, 15) is 23.2 Å². The summed E-state index contributed by atoms with van der Waals surface area (Å²) in [5, 5.41) is 10.1. The number of nitriles is 1. The fourth-order valence-electron chi connectivity index (χ4n) is 3.12. The molecule has 3 aromatic rings. The monoisotopic (exact) mass is 576 g/mol. The van der Waals surface area contributed by atoms with Crippen LogP contribution in [0.4, 0.5) is 13.2 Å². The zero-order valence-corrected chi connectivity index (χ0v) is 21.5. The Kier molecular flexibility index (Phi) is 8.31. The summed E-state index contributed by atoms with van der Waals surface area (Å²) in [6, 6.07) is 10.7. The summed E-state index contributed by atoms with van der Waals surface area (Å²) < 4.78 is 50.1. The van der Waals surface area contributed by atoms with E-state index in [2.05, 4.69) is 4.98 Å². The lowest BCUT2D eigenvalue weighted by Gasteiger charge is -2.29. The maximum atomic E-state index is 13.3. The third-order valence-corrected chi connectivity index (χ3v) is 5.99. The molecule has 188 valence electrons. The van der Waals surface area contributed by atoms with E-state index in [0.29, 0.717) is 12.3 Å². The van der Waals surface area contributed by atoms with Crippen LogP contribution < -0.4 is 9.47 Å². The van der Waals surface area contributed by atoms with Gasteiger partial charge in [0.15, 0.2) is 5.78 Å². The number of hydrogen-bond acceptors (Lipinski definition) is 5. The average Bonchev–Trinajstić information content (AvgIpc) is 2.80. The fourth-order valence-corrected chi connectivity index (χ4v) is 4.02. The fraction of sp³-hybridized carbons (Fsp3) is 0.208. The Morgan fingerprint density at radius 2 is 1.69 bits per heavy atom. The molecule has 1 heterocycles. The van der Waals surface area contributed by atoms with Crippen molar-refractivity contribution in [2.24, 2.45) is 5.92 Å². The van der Waals surface area contributed by atoms with E-state index in [1.165, 1.54) is 36.4 Å². The van der Waals surface area contributed by atoms with E-state index in [-0.39, 0.29) is 38.0 Å². The quantitative estimate of drug-likeness (QED) is 0.281. The number of ether oxygens (including phenoxy) is 2. The van der Waals surface area contributed by atoms with Gasteiger partial charge >= 0.3 is 6.18 Å². The van der Waals surface area contributed by atoms with Crippen molar-refractivity contribution in [3.8, 4) is 23.4 Å². The highest BCUT2D eigenvalue weighted by Crippen LogP contribution is 2.41. The van der Waals surface area contributed by atoms with Crippen molar-refractivity contribution in [2.45, 2.75) is 25.6 Å². The zero-order chi connectivity index (χ0) is 26.8. The Morgan fingerprint density at radius 1 is 1.00 bits per heavy atom. The maximum Gasteiger partial charge on any atom is 0.417 e. The van der Waals surface area contributed by atoms with Crippen molar-refractivity contribution >= 4 is 52.2 Å². The van der Waals surface area contributed by atoms with Crippen LogP contribution in [0.5, 0.6) is 17.4 Å². The van der Waals surface area contributed by atoms with E-state index in [1.54, 1.807) is 13.8 Å². The summed E-state index contributed by atoms with van der Waals surface area (Å²) in [7, 11) is 0. The summed E-state index contributed by atoms with van der Waals surface area (Å²) in [5.74, 6) is -1.70. The van der Waals surface area contributed by atoms with Crippen molar-refractivity contribution in [2.75, 3.05) is 0 Å². The Labute approximate surface area is 224 Å². The number of carbonyl (C=O) groups excluding carboxylic acids is 1. The van der Waals surface area contributed by atoms with Crippen LogP contribution >= 0.6 is 46.4 Å². The Morgan fingerprint density at radius 3 is 2.25 bits per heavy atom. The number of benzene rings is 2. The second-order valence-electron chi connectivity index (χ2n) is 7.74. The largest absolute Gasteiger partial charge is 0.459 e. The first-order chi connectivity index (χ1) is 16.8. The molecule has 0 saturated heterocycles. The molecule has 3 rings (SSSR count). The van der Waals surface area contributed by atoms with Gasteiger partial charge in [-0.25, -0.2) is 4.98 Å². The van der Waals surface area contributed by atoms with Crippen LogP contribution in [0.1, 0.15) is 25.0 Å². The predicted molar refractivity (Wildman–Crippen MR) is 130 cm³/mol. The van der Waals surface area contributed by atoms with E-state index in [4.69, 9.17) is 55.9 Å². The van der Waals surface area contributed by atoms with Crippen molar-refractivity contribution in [3.63, 3.8) is 0 Å². The van der Waals surface area contributed by atoms with Crippen LogP contribution in [0, 0.1) is 17.2 Å². The highest BCUT2D eigenvalue weighted by molar-refractivity contribution is 6.35. The van der Waals surface area contributed by atoms with Gasteiger partial charge in [-0.1, -0.05) is 66.3 Å². The third-order valence-electron chi connectivity index (χ3n) is 4.85. The normalized spacial score (nSPS) is 13.1. The third kappa shape index (κ3) is 5.81.